The van der Waals surface area contributed by atoms with Gasteiger partial charge in [-0.15, -0.1) is 0 Å². The minimum absolute atomic E-state index is 0.0398. The van der Waals surface area contributed by atoms with Crippen molar-refractivity contribution in [2.24, 2.45) is 0 Å². The van der Waals surface area contributed by atoms with Crippen LogP contribution >= 0.6 is 7.82 Å². The van der Waals surface area contributed by atoms with Crippen LogP contribution in [0.5, 0.6) is 0 Å². The molecule has 0 aromatic rings. The molecule has 0 radical (unpaired) electrons. The van der Waals surface area contributed by atoms with Crippen LogP contribution in [0.1, 0.15) is 310 Å². The Hall–Kier alpha value is -2.03. The van der Waals surface area contributed by atoms with Crippen molar-refractivity contribution in [2.45, 2.75) is 322 Å². The van der Waals surface area contributed by atoms with Gasteiger partial charge >= 0.3 is 13.8 Å². The van der Waals surface area contributed by atoms with Crippen molar-refractivity contribution in [2.75, 3.05) is 40.9 Å². The van der Waals surface area contributed by atoms with Crippen LogP contribution in [0.4, 0.5) is 0 Å². The van der Waals surface area contributed by atoms with E-state index in [0.717, 1.165) is 83.5 Å². The maximum Gasteiger partial charge on any atom is 0.472 e. The first-order chi connectivity index (χ1) is 36.9. The van der Waals surface area contributed by atoms with Gasteiger partial charge in [0.15, 0.2) is 0 Å². The van der Waals surface area contributed by atoms with E-state index in [0.29, 0.717) is 23.9 Å². The topological polar surface area (TPSA) is 111 Å². The van der Waals surface area contributed by atoms with E-state index < -0.39 is 20.0 Å². The first kappa shape index (κ1) is 74.0. The second-order valence-electron chi connectivity index (χ2n) is 23.3. The number of likely N-dealkylation sites (N-methyl/N-ethyl adjacent to an activating group) is 1. The molecule has 0 spiro atoms. The minimum Gasteiger partial charge on any atom is -0.456 e. The van der Waals surface area contributed by atoms with E-state index in [1.54, 1.807) is 0 Å². The standard InChI is InChI=1S/C66H125N2O7P/c1-7-10-13-16-19-22-25-28-30-32-33-34-35-37-38-40-43-46-49-52-55-58-65(69)67-63(62-74-76(71,72)73-61-60-68(4,5)6)64(57-54-51-48-45-42-27-24-21-18-15-12-9-3)75-66(70)59-56-53-50-47-44-41-39-36-31-29-26-23-20-17-14-11-8-2/h19,22,28,30,33-34,54,57,63-64H,7-18,20-21,23-27,29,31-32,35-53,55-56,58-62H2,1-6H3,(H-,67,69,71,72)/p+1/b22-19-,30-28-,34-33-,57-54+. The SMILES string of the molecule is CCCCC/C=C\C/C=C\C/C=C\CCCCCCCCCCC(=O)NC(COP(=O)(O)OCC[N+](C)(C)C)C(/C=C/CCCCCCCCCCCC)OC(=O)CCCCCCCCCCCCCCCCCCC. The van der Waals surface area contributed by atoms with Crippen LogP contribution < -0.4 is 5.32 Å². The molecule has 0 fully saturated rings. The van der Waals surface area contributed by atoms with Crippen molar-refractivity contribution < 1.29 is 37.3 Å². The number of hydrogen-bond acceptors (Lipinski definition) is 6. The molecule has 0 aliphatic carbocycles. The van der Waals surface area contributed by atoms with Gasteiger partial charge in [0, 0.05) is 12.8 Å². The van der Waals surface area contributed by atoms with E-state index in [9.17, 15) is 19.0 Å². The van der Waals surface area contributed by atoms with Gasteiger partial charge in [0.25, 0.3) is 0 Å². The molecule has 3 unspecified atom stereocenters. The predicted octanol–water partition coefficient (Wildman–Crippen LogP) is 20.1. The molecule has 0 rings (SSSR count). The Morgan fingerprint density at radius 3 is 1.22 bits per heavy atom. The molecule has 0 heterocycles. The number of nitrogens with one attached hydrogen (secondary N) is 1. The zero-order chi connectivity index (χ0) is 55.7. The molecule has 76 heavy (non-hydrogen) atoms. The second-order valence-corrected chi connectivity index (χ2v) is 24.7. The van der Waals surface area contributed by atoms with Crippen molar-refractivity contribution in [3.63, 3.8) is 0 Å². The van der Waals surface area contributed by atoms with Gasteiger partial charge in [-0.2, -0.15) is 0 Å². The molecule has 0 aromatic carbocycles. The maximum absolute atomic E-state index is 13.6. The van der Waals surface area contributed by atoms with Gasteiger partial charge < -0.3 is 19.4 Å². The van der Waals surface area contributed by atoms with Crippen LogP contribution in [0.3, 0.4) is 0 Å². The Balaban J connectivity index is 5.20. The zero-order valence-electron chi connectivity index (χ0n) is 51.0. The molecule has 0 aliphatic heterocycles. The van der Waals surface area contributed by atoms with Crippen LogP contribution in [-0.2, 0) is 27.9 Å². The van der Waals surface area contributed by atoms with Crippen molar-refractivity contribution in [3.8, 4) is 0 Å². The molecule has 10 heteroatoms. The summed E-state index contributed by atoms with van der Waals surface area (Å²) in [6, 6.07) is -0.850. The number of phosphoric acid groups is 1. The lowest BCUT2D eigenvalue weighted by Gasteiger charge is -2.27. The van der Waals surface area contributed by atoms with Gasteiger partial charge in [-0.25, -0.2) is 4.57 Å². The largest absolute Gasteiger partial charge is 0.472 e. The van der Waals surface area contributed by atoms with Crippen LogP contribution in [0.25, 0.3) is 0 Å². The number of allylic oxidation sites excluding steroid dienone is 7. The van der Waals surface area contributed by atoms with Crippen LogP contribution in [0, 0.1) is 0 Å². The van der Waals surface area contributed by atoms with Crippen molar-refractivity contribution in [3.05, 3.63) is 48.6 Å². The van der Waals surface area contributed by atoms with Crippen LogP contribution in [0.15, 0.2) is 48.6 Å². The molecule has 9 nitrogen and oxygen atoms in total. The number of rotatable bonds is 59. The Bertz CT molecular complexity index is 1440. The van der Waals surface area contributed by atoms with Gasteiger partial charge in [0.05, 0.1) is 33.8 Å². The third-order valence-electron chi connectivity index (χ3n) is 14.5. The molecule has 0 saturated carbocycles. The monoisotopic (exact) mass is 1090 g/mol. The summed E-state index contributed by atoms with van der Waals surface area (Å²) in [4.78, 5) is 37.8. The lowest BCUT2D eigenvalue weighted by Crippen LogP contribution is -2.47. The average Bonchev–Trinajstić information content (AvgIpc) is 3.38. The van der Waals surface area contributed by atoms with E-state index in [1.165, 1.54) is 193 Å². The quantitative estimate of drug-likeness (QED) is 0.0205. The fourth-order valence-electron chi connectivity index (χ4n) is 9.48. The smallest absolute Gasteiger partial charge is 0.456 e. The summed E-state index contributed by atoms with van der Waals surface area (Å²) in [5.74, 6) is -0.501. The minimum atomic E-state index is -4.45. The summed E-state index contributed by atoms with van der Waals surface area (Å²) in [5, 5.41) is 3.06. The fourth-order valence-corrected chi connectivity index (χ4v) is 10.2. The molecule has 446 valence electrons. The van der Waals surface area contributed by atoms with Gasteiger partial charge in [-0.3, -0.25) is 18.6 Å². The highest BCUT2D eigenvalue weighted by molar-refractivity contribution is 7.47. The van der Waals surface area contributed by atoms with Gasteiger partial charge in [0.1, 0.15) is 19.3 Å². The van der Waals surface area contributed by atoms with E-state index in [-0.39, 0.29) is 25.1 Å². The summed E-state index contributed by atoms with van der Waals surface area (Å²) >= 11 is 0. The summed E-state index contributed by atoms with van der Waals surface area (Å²) in [5.41, 5.74) is 0. The fraction of sp³-hybridized carbons (Fsp3) is 0.848. The molecule has 3 atom stereocenters. The first-order valence-corrected chi connectivity index (χ1v) is 34.0. The number of carbonyl (C=O) groups excluding carboxylic acids is 2. The Kier molecular flexibility index (Phi) is 54.7. The zero-order valence-corrected chi connectivity index (χ0v) is 51.9. The summed E-state index contributed by atoms with van der Waals surface area (Å²) in [6.45, 7) is 7.01. The van der Waals surface area contributed by atoms with E-state index in [2.05, 4.69) is 62.5 Å². The number of amides is 1. The first-order valence-electron chi connectivity index (χ1n) is 32.5. The molecule has 0 saturated heterocycles. The molecular formula is C66H126N2O7P+. The number of esters is 1. The Morgan fingerprint density at radius 2 is 0.803 bits per heavy atom. The number of quaternary nitrogens is 1. The molecule has 1 amide bonds. The molecular weight excluding hydrogens is 964 g/mol. The van der Waals surface area contributed by atoms with Crippen molar-refractivity contribution >= 4 is 19.7 Å². The number of ether oxygens (including phenoxy) is 1. The van der Waals surface area contributed by atoms with Crippen LogP contribution in [-0.4, -0.2) is 74.3 Å². The van der Waals surface area contributed by atoms with Gasteiger partial charge in [-0.05, 0) is 70.3 Å². The maximum atomic E-state index is 13.6. The second kappa shape index (κ2) is 56.3. The normalized spacial score (nSPS) is 13.9. The molecule has 0 aromatic heterocycles. The van der Waals surface area contributed by atoms with E-state index in [4.69, 9.17) is 13.8 Å². The lowest BCUT2D eigenvalue weighted by atomic mass is 10.0. The number of hydrogen-bond donors (Lipinski definition) is 2. The Morgan fingerprint density at radius 1 is 0.461 bits per heavy atom. The molecule has 0 bridgehead atoms. The summed E-state index contributed by atoms with van der Waals surface area (Å²) in [7, 11) is 1.50. The number of phosphoric ester groups is 1. The van der Waals surface area contributed by atoms with Crippen molar-refractivity contribution in [1.29, 1.82) is 0 Å². The Labute approximate surface area is 471 Å². The van der Waals surface area contributed by atoms with E-state index >= 15 is 0 Å². The highest BCUT2D eigenvalue weighted by Crippen LogP contribution is 2.43. The number of unbranched alkanes of at least 4 members (excludes halogenated alkanes) is 37. The van der Waals surface area contributed by atoms with E-state index in [1.807, 2.05) is 33.3 Å². The summed E-state index contributed by atoms with van der Waals surface area (Å²) < 4.78 is 30.7. The molecule has 2 N–H and O–H groups in total. The third-order valence-corrected chi connectivity index (χ3v) is 15.5. The highest BCUT2D eigenvalue weighted by atomic mass is 31.2. The number of carbonyl (C=O) groups is 2. The predicted molar refractivity (Wildman–Crippen MR) is 328 cm³/mol. The highest BCUT2D eigenvalue weighted by Gasteiger charge is 2.30. The average molecular weight is 1090 g/mol. The van der Waals surface area contributed by atoms with Crippen molar-refractivity contribution in [1.82, 2.24) is 5.32 Å². The van der Waals surface area contributed by atoms with Gasteiger partial charge in [-0.1, -0.05) is 275 Å². The van der Waals surface area contributed by atoms with Crippen LogP contribution in [0.2, 0.25) is 0 Å². The lowest BCUT2D eigenvalue weighted by molar-refractivity contribution is -0.870. The molecule has 0 aliphatic rings. The number of nitrogens with zero attached hydrogens (tertiary/aromatic N) is 1. The van der Waals surface area contributed by atoms with Gasteiger partial charge in [0.2, 0.25) is 5.91 Å². The summed E-state index contributed by atoms with van der Waals surface area (Å²) in [6.07, 6.45) is 69.6. The third kappa shape index (κ3) is 56.7.